The van der Waals surface area contributed by atoms with E-state index >= 15 is 0 Å². The van der Waals surface area contributed by atoms with Gasteiger partial charge in [-0.3, -0.25) is 9.36 Å². The van der Waals surface area contributed by atoms with Crippen LogP contribution in [0.1, 0.15) is 30.4 Å². The predicted molar refractivity (Wildman–Crippen MR) is 86.0 cm³/mol. The van der Waals surface area contributed by atoms with Gasteiger partial charge in [-0.15, -0.1) is 0 Å². The number of benzene rings is 1. The molecule has 1 aromatic carbocycles. The molecule has 0 atom stereocenters. The number of hydrogen-bond donors (Lipinski definition) is 0. The molecule has 21 heavy (non-hydrogen) atoms. The van der Waals surface area contributed by atoms with E-state index in [9.17, 15) is 4.79 Å². The highest BCUT2D eigenvalue weighted by Gasteiger charge is 2.14. The topological polar surface area (TPSA) is 47.8 Å². The Morgan fingerprint density at radius 1 is 1.24 bits per heavy atom. The smallest absolute Gasteiger partial charge is 0.273 e. The van der Waals surface area contributed by atoms with Gasteiger partial charge >= 0.3 is 0 Å². The molecule has 2 heterocycles. The van der Waals surface area contributed by atoms with Gasteiger partial charge < -0.3 is 0 Å². The van der Waals surface area contributed by atoms with Gasteiger partial charge in [-0.25, -0.2) is 4.98 Å². The van der Waals surface area contributed by atoms with Gasteiger partial charge in [-0.05, 0) is 30.4 Å². The van der Waals surface area contributed by atoms with Crippen LogP contribution in [-0.2, 0) is 13.0 Å². The molecular formula is C16H17N3OS. The Bertz CT molecular complexity index is 821. The number of aryl methyl sites for hydroxylation is 2. The minimum Gasteiger partial charge on any atom is -0.291 e. The molecule has 4 nitrogen and oxygen atoms in total. The van der Waals surface area contributed by atoms with Crippen molar-refractivity contribution in [3.05, 3.63) is 57.8 Å². The van der Waals surface area contributed by atoms with Gasteiger partial charge in [0.15, 0.2) is 0 Å². The second-order valence-electron chi connectivity index (χ2n) is 5.10. The lowest BCUT2D eigenvalue weighted by Gasteiger charge is -2.12. The molecule has 3 aromatic rings. The average Bonchev–Trinajstić information content (AvgIpc) is 2.86. The summed E-state index contributed by atoms with van der Waals surface area (Å²) in [6.07, 6.45) is 1.76. The summed E-state index contributed by atoms with van der Waals surface area (Å²) in [6, 6.07) is 10.0. The van der Waals surface area contributed by atoms with Crippen LogP contribution in [0.5, 0.6) is 0 Å². The van der Waals surface area contributed by atoms with E-state index in [1.165, 1.54) is 11.5 Å². The highest BCUT2D eigenvalue weighted by Crippen LogP contribution is 2.18. The molecule has 0 saturated carbocycles. The first-order valence-corrected chi connectivity index (χ1v) is 7.87. The average molecular weight is 299 g/mol. The Kier molecular flexibility index (Phi) is 3.84. The lowest BCUT2D eigenvalue weighted by atomic mass is 10.2. The second-order valence-corrected chi connectivity index (χ2v) is 5.87. The molecule has 0 amide bonds. The van der Waals surface area contributed by atoms with Crippen LogP contribution >= 0.6 is 11.5 Å². The molecule has 2 aromatic heterocycles. The Hall–Kier alpha value is -2.01. The zero-order chi connectivity index (χ0) is 14.8. The lowest BCUT2D eigenvalue weighted by Crippen LogP contribution is -2.25. The Morgan fingerprint density at radius 3 is 2.71 bits per heavy atom. The molecule has 0 aliphatic carbocycles. The maximum Gasteiger partial charge on any atom is 0.273 e. The highest BCUT2D eigenvalue weighted by molar-refractivity contribution is 7.13. The van der Waals surface area contributed by atoms with E-state index in [1.807, 2.05) is 37.3 Å². The van der Waals surface area contributed by atoms with Gasteiger partial charge in [0, 0.05) is 6.42 Å². The van der Waals surface area contributed by atoms with Crippen LogP contribution in [0.15, 0.2) is 35.1 Å². The van der Waals surface area contributed by atoms with Gasteiger partial charge in [-0.1, -0.05) is 37.3 Å². The van der Waals surface area contributed by atoms with Crippen molar-refractivity contribution in [3.63, 3.8) is 0 Å². The lowest BCUT2D eigenvalue weighted by molar-refractivity contribution is 0.666. The first-order valence-electron chi connectivity index (χ1n) is 7.10. The van der Waals surface area contributed by atoms with Crippen LogP contribution in [-0.4, -0.2) is 13.9 Å². The molecule has 0 aliphatic heterocycles. The maximum absolute atomic E-state index is 12.7. The van der Waals surface area contributed by atoms with E-state index in [4.69, 9.17) is 4.98 Å². The molecular weight excluding hydrogens is 282 g/mol. The van der Waals surface area contributed by atoms with Gasteiger partial charge in [0.25, 0.3) is 5.56 Å². The van der Waals surface area contributed by atoms with Crippen molar-refractivity contribution in [2.24, 2.45) is 0 Å². The number of fused-ring (bicyclic) bond motifs is 1. The zero-order valence-corrected chi connectivity index (χ0v) is 13.0. The van der Waals surface area contributed by atoms with E-state index < -0.39 is 0 Å². The molecule has 108 valence electrons. The van der Waals surface area contributed by atoms with Crippen LogP contribution in [0.4, 0.5) is 0 Å². The van der Waals surface area contributed by atoms with Crippen molar-refractivity contribution in [2.75, 3.05) is 0 Å². The van der Waals surface area contributed by atoms with Crippen LogP contribution in [0.25, 0.3) is 10.2 Å². The van der Waals surface area contributed by atoms with E-state index in [-0.39, 0.29) is 5.56 Å². The van der Waals surface area contributed by atoms with Gasteiger partial charge in [0.1, 0.15) is 16.0 Å². The summed E-state index contributed by atoms with van der Waals surface area (Å²) in [5.41, 5.74) is 2.74. The quantitative estimate of drug-likeness (QED) is 0.743. The van der Waals surface area contributed by atoms with E-state index in [0.29, 0.717) is 11.2 Å². The fraction of sp³-hybridized carbons (Fsp3) is 0.312. The standard InChI is InChI=1S/C16H17N3OS/c1-3-7-13-17-14-11(2)18-21-15(14)16(20)19(13)10-12-8-5-4-6-9-12/h4-6,8-9H,3,7,10H2,1-2H3. The van der Waals surface area contributed by atoms with Crippen LogP contribution in [0, 0.1) is 6.92 Å². The minimum absolute atomic E-state index is 0.0258. The normalized spacial score (nSPS) is 11.1. The first-order chi connectivity index (χ1) is 10.2. The van der Waals surface area contributed by atoms with Gasteiger partial charge in [0.05, 0.1) is 12.2 Å². The molecule has 5 heteroatoms. The van der Waals surface area contributed by atoms with Crippen molar-refractivity contribution >= 4 is 21.7 Å². The van der Waals surface area contributed by atoms with E-state index in [0.717, 1.165) is 35.4 Å². The van der Waals surface area contributed by atoms with Gasteiger partial charge in [0.2, 0.25) is 0 Å². The largest absolute Gasteiger partial charge is 0.291 e. The van der Waals surface area contributed by atoms with Crippen LogP contribution in [0.3, 0.4) is 0 Å². The molecule has 0 N–H and O–H groups in total. The molecule has 3 rings (SSSR count). The third-order valence-electron chi connectivity index (χ3n) is 3.48. The van der Waals surface area contributed by atoms with Gasteiger partial charge in [-0.2, -0.15) is 4.37 Å². The number of nitrogens with zero attached hydrogens (tertiary/aromatic N) is 3. The highest BCUT2D eigenvalue weighted by atomic mass is 32.1. The molecule has 0 saturated heterocycles. The molecule has 0 unspecified atom stereocenters. The summed E-state index contributed by atoms with van der Waals surface area (Å²) in [5, 5.41) is 0. The zero-order valence-electron chi connectivity index (χ0n) is 12.2. The summed E-state index contributed by atoms with van der Waals surface area (Å²) in [6.45, 7) is 4.57. The minimum atomic E-state index is 0.0258. The summed E-state index contributed by atoms with van der Waals surface area (Å²) >= 11 is 1.25. The van der Waals surface area contributed by atoms with Crippen molar-refractivity contribution in [2.45, 2.75) is 33.2 Å². The van der Waals surface area contributed by atoms with Crippen LogP contribution in [0.2, 0.25) is 0 Å². The van der Waals surface area contributed by atoms with Crippen molar-refractivity contribution in [1.82, 2.24) is 13.9 Å². The summed E-state index contributed by atoms with van der Waals surface area (Å²) < 4.78 is 6.72. The fourth-order valence-corrected chi connectivity index (χ4v) is 3.19. The van der Waals surface area contributed by atoms with E-state index in [1.54, 1.807) is 4.57 Å². The SMILES string of the molecule is CCCc1nc2c(C)nsc2c(=O)n1Cc1ccccc1. The molecule has 0 fully saturated rings. The summed E-state index contributed by atoms with van der Waals surface area (Å²) in [4.78, 5) is 17.4. The number of rotatable bonds is 4. The summed E-state index contributed by atoms with van der Waals surface area (Å²) in [7, 11) is 0. The summed E-state index contributed by atoms with van der Waals surface area (Å²) in [5.74, 6) is 0.849. The van der Waals surface area contributed by atoms with Crippen molar-refractivity contribution in [3.8, 4) is 0 Å². The Morgan fingerprint density at radius 2 is 2.00 bits per heavy atom. The molecule has 0 spiro atoms. The molecule has 0 aliphatic rings. The second kappa shape index (κ2) is 5.77. The third-order valence-corrected chi connectivity index (χ3v) is 4.40. The Balaban J connectivity index is 2.17. The molecule has 0 bridgehead atoms. The van der Waals surface area contributed by atoms with Crippen molar-refractivity contribution < 1.29 is 0 Å². The molecule has 0 radical (unpaired) electrons. The first kappa shape index (κ1) is 13.9. The van der Waals surface area contributed by atoms with Crippen LogP contribution < -0.4 is 5.56 Å². The predicted octanol–water partition coefficient (Wildman–Crippen LogP) is 3.16. The number of aromatic nitrogens is 3. The van der Waals surface area contributed by atoms with Crippen molar-refractivity contribution in [1.29, 1.82) is 0 Å². The third kappa shape index (κ3) is 2.61. The number of hydrogen-bond acceptors (Lipinski definition) is 4. The maximum atomic E-state index is 12.7. The Labute approximate surface area is 127 Å². The monoisotopic (exact) mass is 299 g/mol. The fourth-order valence-electron chi connectivity index (χ4n) is 2.41. The van der Waals surface area contributed by atoms with E-state index in [2.05, 4.69) is 11.3 Å².